The minimum Gasteiger partial charge on any atom is -0.496 e. The standard InChI is InChI=1S/C24H18Cl2N4O4/c1-12-21(24(32)33)29-30(18-8-16(25)7-17(26)9-18)22(12)13-3-4-20(34-2)19(6-13)14-5-15(23(27)31)11-28-10-14/h3-11H,1-2H3,(H2,27,31)(H,32,33). The minimum absolute atomic E-state index is 0.110. The number of halogens is 2. The molecule has 2 heterocycles. The van der Waals surface area contributed by atoms with Gasteiger partial charge >= 0.3 is 5.97 Å². The maximum Gasteiger partial charge on any atom is 0.356 e. The summed E-state index contributed by atoms with van der Waals surface area (Å²) in [5, 5.41) is 14.8. The quantitative estimate of drug-likeness (QED) is 0.386. The third-order valence-corrected chi connectivity index (χ3v) is 5.66. The molecule has 0 saturated carbocycles. The Labute approximate surface area is 204 Å². The predicted molar refractivity (Wildman–Crippen MR) is 129 cm³/mol. The summed E-state index contributed by atoms with van der Waals surface area (Å²) in [6, 6.07) is 11.8. The van der Waals surface area contributed by atoms with Crippen LogP contribution in [0.2, 0.25) is 10.0 Å². The molecule has 1 amide bonds. The second-order valence-corrected chi connectivity index (χ2v) is 8.28. The van der Waals surface area contributed by atoms with Gasteiger partial charge in [-0.25, -0.2) is 9.48 Å². The number of hydrogen-bond acceptors (Lipinski definition) is 5. The molecule has 0 aliphatic rings. The first-order chi connectivity index (χ1) is 16.2. The Kier molecular flexibility index (Phi) is 6.28. The first kappa shape index (κ1) is 23.3. The average Bonchev–Trinajstić information content (AvgIpc) is 3.15. The number of nitrogens with zero attached hydrogens (tertiary/aromatic N) is 3. The van der Waals surface area contributed by atoms with Gasteiger partial charge in [0.2, 0.25) is 5.91 Å². The van der Waals surface area contributed by atoms with E-state index in [1.165, 1.54) is 18.0 Å². The van der Waals surface area contributed by atoms with Gasteiger partial charge in [0.1, 0.15) is 5.75 Å². The van der Waals surface area contributed by atoms with Gasteiger partial charge in [-0.3, -0.25) is 9.78 Å². The molecule has 0 aliphatic heterocycles. The first-order valence-electron chi connectivity index (χ1n) is 9.92. The summed E-state index contributed by atoms with van der Waals surface area (Å²) in [6.45, 7) is 1.67. The minimum atomic E-state index is -1.17. The van der Waals surface area contributed by atoms with Crippen molar-refractivity contribution in [2.24, 2.45) is 5.73 Å². The highest BCUT2D eigenvalue weighted by atomic mass is 35.5. The maximum atomic E-state index is 11.9. The third kappa shape index (κ3) is 4.33. The number of methoxy groups -OCH3 is 1. The molecular weight excluding hydrogens is 479 g/mol. The van der Waals surface area contributed by atoms with Crippen molar-refractivity contribution in [3.05, 3.63) is 81.7 Å². The Hall–Kier alpha value is -3.88. The first-order valence-corrected chi connectivity index (χ1v) is 10.7. The van der Waals surface area contributed by atoms with Crippen molar-refractivity contribution in [2.75, 3.05) is 7.11 Å². The number of carboxylic acid groups (broad SMARTS) is 1. The number of carbonyl (C=O) groups excluding carboxylic acids is 1. The summed E-state index contributed by atoms with van der Waals surface area (Å²) in [5.74, 6) is -1.25. The van der Waals surface area contributed by atoms with Crippen LogP contribution in [0.5, 0.6) is 5.75 Å². The molecule has 0 bridgehead atoms. The number of primary amides is 1. The number of amides is 1. The topological polar surface area (TPSA) is 120 Å². The molecule has 2 aromatic carbocycles. The SMILES string of the molecule is COc1ccc(-c2c(C)c(C(=O)O)nn2-c2cc(Cl)cc(Cl)c2)cc1-c1cncc(C(N)=O)c1. The Balaban J connectivity index is 1.98. The molecule has 0 spiro atoms. The van der Waals surface area contributed by atoms with E-state index in [-0.39, 0.29) is 11.3 Å². The van der Waals surface area contributed by atoms with Gasteiger partial charge in [-0.1, -0.05) is 23.2 Å². The van der Waals surface area contributed by atoms with Gasteiger partial charge in [-0.05, 0) is 49.4 Å². The zero-order valence-electron chi connectivity index (χ0n) is 18.0. The number of hydrogen-bond donors (Lipinski definition) is 2. The summed E-state index contributed by atoms with van der Waals surface area (Å²) < 4.78 is 7.00. The molecule has 4 rings (SSSR count). The third-order valence-electron chi connectivity index (χ3n) is 5.22. The van der Waals surface area contributed by atoms with E-state index in [1.807, 2.05) is 0 Å². The van der Waals surface area contributed by atoms with Crippen LogP contribution < -0.4 is 10.5 Å². The van der Waals surface area contributed by atoms with Gasteiger partial charge < -0.3 is 15.6 Å². The van der Waals surface area contributed by atoms with Gasteiger partial charge in [0.05, 0.1) is 24.1 Å². The molecule has 0 fully saturated rings. The van der Waals surface area contributed by atoms with E-state index in [0.29, 0.717) is 49.4 Å². The fourth-order valence-corrected chi connectivity index (χ4v) is 4.20. The van der Waals surface area contributed by atoms with Crippen LogP contribution in [0.3, 0.4) is 0 Å². The van der Waals surface area contributed by atoms with Crippen LogP contribution in [0.25, 0.3) is 28.1 Å². The molecule has 172 valence electrons. The van der Waals surface area contributed by atoms with Crippen LogP contribution in [0.15, 0.2) is 54.9 Å². The van der Waals surface area contributed by atoms with Crippen molar-refractivity contribution in [3.63, 3.8) is 0 Å². The van der Waals surface area contributed by atoms with Gasteiger partial charge in [0, 0.05) is 44.7 Å². The van der Waals surface area contributed by atoms with Gasteiger partial charge in [-0.2, -0.15) is 5.10 Å². The highest BCUT2D eigenvalue weighted by Gasteiger charge is 2.23. The highest BCUT2D eigenvalue weighted by molar-refractivity contribution is 6.34. The van der Waals surface area contributed by atoms with Crippen LogP contribution in [0, 0.1) is 6.92 Å². The second kappa shape index (κ2) is 9.17. The lowest BCUT2D eigenvalue weighted by Gasteiger charge is -2.14. The second-order valence-electron chi connectivity index (χ2n) is 7.41. The largest absolute Gasteiger partial charge is 0.496 e. The number of carbonyl (C=O) groups is 2. The van der Waals surface area contributed by atoms with E-state index in [4.69, 9.17) is 33.7 Å². The molecular formula is C24H18Cl2N4O4. The van der Waals surface area contributed by atoms with Crippen LogP contribution in [0.4, 0.5) is 0 Å². The number of pyridine rings is 1. The molecule has 0 unspecified atom stereocenters. The zero-order valence-corrected chi connectivity index (χ0v) is 19.6. The lowest BCUT2D eigenvalue weighted by atomic mass is 9.98. The van der Waals surface area contributed by atoms with Crippen LogP contribution >= 0.6 is 23.2 Å². The molecule has 0 aliphatic carbocycles. The molecule has 0 saturated heterocycles. The number of rotatable bonds is 6. The van der Waals surface area contributed by atoms with E-state index in [0.717, 1.165) is 0 Å². The Morgan fingerprint density at radius 2 is 1.74 bits per heavy atom. The zero-order chi connectivity index (χ0) is 24.6. The number of carboxylic acids is 1. The molecule has 10 heteroatoms. The summed E-state index contributed by atoms with van der Waals surface area (Å²) in [4.78, 5) is 27.6. The lowest BCUT2D eigenvalue weighted by Crippen LogP contribution is -2.11. The van der Waals surface area contributed by atoms with E-state index in [1.54, 1.807) is 55.6 Å². The normalized spacial score (nSPS) is 10.8. The highest BCUT2D eigenvalue weighted by Crippen LogP contribution is 2.37. The predicted octanol–water partition coefficient (Wildman–Crippen LogP) is 5.02. The van der Waals surface area contributed by atoms with E-state index in [2.05, 4.69) is 10.1 Å². The van der Waals surface area contributed by atoms with Crippen molar-refractivity contribution in [3.8, 4) is 33.8 Å². The van der Waals surface area contributed by atoms with Crippen molar-refractivity contribution in [1.29, 1.82) is 0 Å². The molecule has 0 atom stereocenters. The number of aromatic nitrogens is 3. The fourth-order valence-electron chi connectivity index (χ4n) is 3.69. The van der Waals surface area contributed by atoms with E-state index < -0.39 is 11.9 Å². The molecule has 34 heavy (non-hydrogen) atoms. The monoisotopic (exact) mass is 496 g/mol. The van der Waals surface area contributed by atoms with Gasteiger partial charge in [0.25, 0.3) is 0 Å². The van der Waals surface area contributed by atoms with Crippen LogP contribution in [-0.4, -0.2) is 38.9 Å². The van der Waals surface area contributed by atoms with Gasteiger partial charge in [0.15, 0.2) is 5.69 Å². The number of aromatic carboxylic acids is 1. The maximum absolute atomic E-state index is 11.9. The summed E-state index contributed by atoms with van der Waals surface area (Å²) in [5.41, 5.74) is 8.89. The molecule has 3 N–H and O–H groups in total. The number of ether oxygens (including phenoxy) is 1. The molecule has 0 radical (unpaired) electrons. The fraction of sp³-hybridized carbons (Fsp3) is 0.0833. The number of nitrogens with two attached hydrogens (primary N) is 1. The van der Waals surface area contributed by atoms with Crippen LogP contribution in [0.1, 0.15) is 26.4 Å². The average molecular weight is 497 g/mol. The van der Waals surface area contributed by atoms with Crippen molar-refractivity contribution >= 4 is 35.1 Å². The summed E-state index contributed by atoms with van der Waals surface area (Å²) in [6.07, 6.45) is 2.96. The van der Waals surface area contributed by atoms with Crippen molar-refractivity contribution in [2.45, 2.75) is 6.92 Å². The van der Waals surface area contributed by atoms with Gasteiger partial charge in [-0.15, -0.1) is 0 Å². The summed E-state index contributed by atoms with van der Waals surface area (Å²) in [7, 11) is 1.52. The van der Waals surface area contributed by atoms with E-state index in [9.17, 15) is 14.7 Å². The molecule has 2 aromatic heterocycles. The van der Waals surface area contributed by atoms with Crippen LogP contribution in [-0.2, 0) is 0 Å². The molecule has 8 nitrogen and oxygen atoms in total. The van der Waals surface area contributed by atoms with Crippen molar-refractivity contribution in [1.82, 2.24) is 14.8 Å². The Morgan fingerprint density at radius 3 is 2.35 bits per heavy atom. The Bertz CT molecular complexity index is 1430. The lowest BCUT2D eigenvalue weighted by molar-refractivity contribution is 0.0689. The Morgan fingerprint density at radius 1 is 1.03 bits per heavy atom. The van der Waals surface area contributed by atoms with Crippen molar-refractivity contribution < 1.29 is 19.4 Å². The molecule has 4 aromatic rings. The smallest absolute Gasteiger partial charge is 0.356 e. The van der Waals surface area contributed by atoms with E-state index >= 15 is 0 Å². The number of benzene rings is 2. The summed E-state index contributed by atoms with van der Waals surface area (Å²) >= 11 is 12.4.